The van der Waals surface area contributed by atoms with E-state index in [1.165, 1.54) is 24.3 Å². The third kappa shape index (κ3) is 6.34. The number of carbonyl (C=O) groups excluding carboxylic acids is 1. The van der Waals surface area contributed by atoms with Crippen molar-refractivity contribution in [3.63, 3.8) is 0 Å². The lowest BCUT2D eigenvalue weighted by Gasteiger charge is -2.26. The van der Waals surface area contributed by atoms with Gasteiger partial charge in [-0.3, -0.25) is 9.10 Å². The molecule has 36 heavy (non-hydrogen) atoms. The highest BCUT2D eigenvalue weighted by Gasteiger charge is 2.28. The molecular weight excluding hydrogens is 483 g/mol. The van der Waals surface area contributed by atoms with E-state index in [2.05, 4.69) is 5.32 Å². The number of nitrogens with one attached hydrogen (secondary N) is 1. The average Bonchev–Trinajstić information content (AvgIpc) is 2.87. The third-order valence-electron chi connectivity index (χ3n) is 5.69. The Morgan fingerprint density at radius 1 is 1.03 bits per heavy atom. The lowest BCUT2D eigenvalue weighted by molar-refractivity contribution is -0.120. The molecule has 0 saturated heterocycles. The molecule has 3 aromatic carbocycles. The maximum Gasteiger partial charge on any atom is 0.264 e. The van der Waals surface area contributed by atoms with E-state index in [0.29, 0.717) is 18.8 Å². The van der Waals surface area contributed by atoms with Crippen LogP contribution in [0, 0.1) is 12.7 Å². The number of ether oxygens (including phenoxy) is 2. The largest absolute Gasteiger partial charge is 0.496 e. The van der Waals surface area contributed by atoms with Crippen LogP contribution in [0.5, 0.6) is 11.5 Å². The number of hydrogen-bond donors (Lipinski definition) is 1. The zero-order valence-electron chi connectivity index (χ0n) is 20.8. The Kier molecular flexibility index (Phi) is 8.93. The van der Waals surface area contributed by atoms with E-state index in [1.54, 1.807) is 19.2 Å². The van der Waals surface area contributed by atoms with Gasteiger partial charge in [0.25, 0.3) is 10.0 Å². The minimum absolute atomic E-state index is 0.0131. The van der Waals surface area contributed by atoms with E-state index in [9.17, 15) is 17.6 Å². The van der Waals surface area contributed by atoms with Gasteiger partial charge in [-0.25, -0.2) is 12.8 Å². The summed E-state index contributed by atoms with van der Waals surface area (Å²) in [6.07, 6.45) is 0.597. The van der Waals surface area contributed by atoms with Gasteiger partial charge in [-0.05, 0) is 86.0 Å². The van der Waals surface area contributed by atoms with Gasteiger partial charge in [-0.15, -0.1) is 0 Å². The number of sulfonamides is 1. The van der Waals surface area contributed by atoms with Gasteiger partial charge in [0.2, 0.25) is 5.91 Å². The summed E-state index contributed by atoms with van der Waals surface area (Å²) in [4.78, 5) is 13.1. The molecule has 3 aromatic rings. The van der Waals surface area contributed by atoms with Crippen molar-refractivity contribution in [2.24, 2.45) is 0 Å². The molecule has 0 aliphatic rings. The fourth-order valence-electron chi connectivity index (χ4n) is 3.83. The highest BCUT2D eigenvalue weighted by Crippen LogP contribution is 2.27. The molecule has 7 nitrogen and oxygen atoms in total. The second-order valence-corrected chi connectivity index (χ2v) is 10.0. The number of anilines is 1. The predicted molar refractivity (Wildman–Crippen MR) is 137 cm³/mol. The zero-order valence-corrected chi connectivity index (χ0v) is 21.6. The van der Waals surface area contributed by atoms with Crippen molar-refractivity contribution in [2.45, 2.75) is 38.1 Å². The van der Waals surface area contributed by atoms with Crippen LogP contribution >= 0.6 is 0 Å². The summed E-state index contributed by atoms with van der Waals surface area (Å²) >= 11 is 0. The van der Waals surface area contributed by atoms with Gasteiger partial charge < -0.3 is 14.8 Å². The summed E-state index contributed by atoms with van der Waals surface area (Å²) in [5, 5.41) is 2.93. The van der Waals surface area contributed by atoms with Crippen LogP contribution in [0.3, 0.4) is 0 Å². The fourth-order valence-corrected chi connectivity index (χ4v) is 5.25. The number of carbonyl (C=O) groups is 1. The lowest BCUT2D eigenvalue weighted by atomic mass is 10.0. The van der Waals surface area contributed by atoms with Gasteiger partial charge in [-0.2, -0.15) is 0 Å². The smallest absolute Gasteiger partial charge is 0.264 e. The molecule has 0 aliphatic heterocycles. The number of methoxy groups -OCH3 is 1. The van der Waals surface area contributed by atoms with E-state index < -0.39 is 28.3 Å². The van der Waals surface area contributed by atoms with E-state index in [4.69, 9.17) is 9.47 Å². The van der Waals surface area contributed by atoms with E-state index in [-0.39, 0.29) is 16.6 Å². The molecule has 0 spiro atoms. The van der Waals surface area contributed by atoms with Crippen molar-refractivity contribution in [3.05, 3.63) is 83.7 Å². The maximum absolute atomic E-state index is 13.6. The van der Waals surface area contributed by atoms with Crippen molar-refractivity contribution in [1.82, 2.24) is 5.32 Å². The summed E-state index contributed by atoms with van der Waals surface area (Å²) in [5.74, 6) is 0.267. The van der Waals surface area contributed by atoms with Gasteiger partial charge >= 0.3 is 0 Å². The number of hydrogen-bond acceptors (Lipinski definition) is 5. The van der Waals surface area contributed by atoms with Gasteiger partial charge in [0, 0.05) is 0 Å². The standard InChI is InChI=1S/C27H31FN2O5S/c1-5-25(20-7-16-26(34-4)19(3)17-20)29-27(31)18-30(22-10-8-21(28)9-11-22)36(32,33)24-14-12-23(13-15-24)35-6-2/h7-17,25H,5-6,18H2,1-4H3,(H,29,31)/t25-/m0/s1. The number of benzene rings is 3. The van der Waals surface area contributed by atoms with Crippen LogP contribution in [-0.2, 0) is 14.8 Å². The maximum atomic E-state index is 13.6. The Labute approximate surface area is 211 Å². The van der Waals surface area contributed by atoms with Crippen molar-refractivity contribution >= 4 is 21.6 Å². The average molecular weight is 515 g/mol. The van der Waals surface area contributed by atoms with Crippen LogP contribution in [0.4, 0.5) is 10.1 Å². The van der Waals surface area contributed by atoms with Crippen LogP contribution in [0.15, 0.2) is 71.6 Å². The molecule has 1 amide bonds. The molecule has 0 heterocycles. The molecule has 9 heteroatoms. The Morgan fingerprint density at radius 2 is 1.69 bits per heavy atom. The van der Waals surface area contributed by atoms with Gasteiger partial charge in [0.15, 0.2) is 0 Å². The van der Waals surface area contributed by atoms with Crippen LogP contribution in [0.2, 0.25) is 0 Å². The van der Waals surface area contributed by atoms with E-state index in [1.807, 2.05) is 39.0 Å². The zero-order chi connectivity index (χ0) is 26.3. The molecule has 192 valence electrons. The molecule has 0 bridgehead atoms. The second kappa shape index (κ2) is 11.9. The quantitative estimate of drug-likeness (QED) is 0.389. The molecule has 0 fully saturated rings. The van der Waals surface area contributed by atoms with E-state index in [0.717, 1.165) is 33.3 Å². The van der Waals surface area contributed by atoms with Crippen LogP contribution < -0.4 is 19.1 Å². The van der Waals surface area contributed by atoms with Gasteiger partial charge in [0.1, 0.15) is 23.9 Å². The van der Waals surface area contributed by atoms with Crippen LogP contribution in [0.25, 0.3) is 0 Å². The summed E-state index contributed by atoms with van der Waals surface area (Å²) in [7, 11) is -2.55. The molecule has 0 radical (unpaired) electrons. The molecule has 1 atom stereocenters. The SMILES string of the molecule is CCOc1ccc(S(=O)(=O)N(CC(=O)N[C@@H](CC)c2ccc(OC)c(C)c2)c2ccc(F)cc2)cc1. The minimum Gasteiger partial charge on any atom is -0.496 e. The number of halogens is 1. The summed E-state index contributed by atoms with van der Waals surface area (Å²) in [5.41, 5.74) is 1.98. The summed E-state index contributed by atoms with van der Waals surface area (Å²) in [6, 6.07) is 16.2. The van der Waals surface area contributed by atoms with Crippen molar-refractivity contribution in [2.75, 3.05) is 24.6 Å². The minimum atomic E-state index is -4.14. The van der Waals surface area contributed by atoms with Crippen molar-refractivity contribution < 1.29 is 27.1 Å². The monoisotopic (exact) mass is 514 g/mol. The predicted octanol–water partition coefficient (Wildman–Crippen LogP) is 5.00. The topological polar surface area (TPSA) is 84.9 Å². The highest BCUT2D eigenvalue weighted by molar-refractivity contribution is 7.92. The summed E-state index contributed by atoms with van der Waals surface area (Å²) in [6.45, 7) is 5.64. The molecule has 3 rings (SSSR count). The Bertz CT molecular complexity index is 1280. The van der Waals surface area contributed by atoms with E-state index >= 15 is 0 Å². The number of rotatable bonds is 11. The number of nitrogens with zero attached hydrogens (tertiary/aromatic N) is 1. The first-order valence-corrected chi connectivity index (χ1v) is 13.1. The third-order valence-corrected chi connectivity index (χ3v) is 7.48. The van der Waals surface area contributed by atoms with Crippen LogP contribution in [0.1, 0.15) is 37.4 Å². The Hall–Kier alpha value is -3.59. The van der Waals surface area contributed by atoms with Gasteiger partial charge in [0.05, 0.1) is 30.3 Å². The van der Waals surface area contributed by atoms with Gasteiger partial charge in [-0.1, -0.05) is 19.1 Å². The number of amides is 1. The first-order chi connectivity index (χ1) is 17.2. The molecule has 0 aromatic heterocycles. The Balaban J connectivity index is 1.89. The molecule has 1 N–H and O–H groups in total. The first kappa shape index (κ1) is 27.0. The lowest BCUT2D eigenvalue weighted by Crippen LogP contribution is -2.42. The molecular formula is C27H31FN2O5S. The molecule has 0 aliphatic carbocycles. The molecule has 0 unspecified atom stereocenters. The normalized spacial score (nSPS) is 12.0. The fraction of sp³-hybridized carbons (Fsp3) is 0.296. The van der Waals surface area contributed by atoms with Crippen LogP contribution in [-0.4, -0.2) is 34.6 Å². The highest BCUT2D eigenvalue weighted by atomic mass is 32.2. The molecule has 0 saturated carbocycles. The second-order valence-electron chi connectivity index (χ2n) is 8.15. The summed E-state index contributed by atoms with van der Waals surface area (Å²) < 4.78 is 52.4. The van der Waals surface area contributed by atoms with Crippen molar-refractivity contribution in [1.29, 1.82) is 0 Å². The van der Waals surface area contributed by atoms with Crippen molar-refractivity contribution in [3.8, 4) is 11.5 Å². The first-order valence-electron chi connectivity index (χ1n) is 11.6. The Morgan fingerprint density at radius 3 is 2.25 bits per heavy atom. The number of aryl methyl sites for hydroxylation is 1.